The van der Waals surface area contributed by atoms with E-state index >= 15 is 0 Å². The molecule has 1 aliphatic heterocycles. The Balaban J connectivity index is 1.47. The number of anilines is 1. The molecule has 1 aliphatic rings. The highest BCUT2D eigenvalue weighted by atomic mass is 35.5. The Hall–Kier alpha value is -2.40. The number of nitrogens with one attached hydrogen (secondary N) is 2. The quantitative estimate of drug-likeness (QED) is 0.908. The first-order valence-electron chi connectivity index (χ1n) is 6.90. The van der Waals surface area contributed by atoms with Gasteiger partial charge in [0.2, 0.25) is 6.79 Å². The van der Waals surface area contributed by atoms with Gasteiger partial charge in [0.15, 0.2) is 11.5 Å². The van der Waals surface area contributed by atoms with Gasteiger partial charge in [0.25, 0.3) is 0 Å². The van der Waals surface area contributed by atoms with E-state index in [9.17, 15) is 4.79 Å². The van der Waals surface area contributed by atoms with Crippen LogP contribution >= 0.6 is 11.6 Å². The van der Waals surface area contributed by atoms with Gasteiger partial charge < -0.3 is 20.1 Å². The van der Waals surface area contributed by atoms with Gasteiger partial charge in [-0.1, -0.05) is 23.7 Å². The van der Waals surface area contributed by atoms with Crippen molar-refractivity contribution in [2.24, 2.45) is 0 Å². The second kappa shape index (κ2) is 6.58. The molecule has 3 rings (SSSR count). The maximum absolute atomic E-state index is 11.8. The van der Waals surface area contributed by atoms with E-state index in [1.807, 2.05) is 18.2 Å². The summed E-state index contributed by atoms with van der Waals surface area (Å²) in [7, 11) is 0. The number of amides is 2. The van der Waals surface area contributed by atoms with E-state index in [1.54, 1.807) is 24.3 Å². The lowest BCUT2D eigenvalue weighted by molar-refractivity contribution is 0.174. The van der Waals surface area contributed by atoms with Crippen LogP contribution in [0.4, 0.5) is 10.5 Å². The first-order valence-corrected chi connectivity index (χ1v) is 7.27. The molecule has 114 valence electrons. The summed E-state index contributed by atoms with van der Waals surface area (Å²) in [5.41, 5.74) is 1.74. The number of carbonyl (C=O) groups is 1. The topological polar surface area (TPSA) is 59.6 Å². The van der Waals surface area contributed by atoms with Crippen molar-refractivity contribution < 1.29 is 14.3 Å². The third-order valence-corrected chi connectivity index (χ3v) is 3.45. The summed E-state index contributed by atoms with van der Waals surface area (Å²) in [5.74, 6) is 1.51. The Labute approximate surface area is 133 Å². The molecule has 2 aromatic carbocycles. The average molecular weight is 319 g/mol. The largest absolute Gasteiger partial charge is 0.454 e. The summed E-state index contributed by atoms with van der Waals surface area (Å²) in [5, 5.41) is 6.11. The zero-order valence-electron chi connectivity index (χ0n) is 11.8. The fourth-order valence-corrected chi connectivity index (χ4v) is 2.35. The first-order chi connectivity index (χ1) is 10.7. The maximum Gasteiger partial charge on any atom is 0.319 e. The third kappa shape index (κ3) is 3.62. The Kier molecular flexibility index (Phi) is 4.34. The second-order valence-electron chi connectivity index (χ2n) is 4.83. The highest BCUT2D eigenvalue weighted by Gasteiger charge is 2.13. The number of benzene rings is 2. The maximum atomic E-state index is 11.8. The molecular weight excluding hydrogens is 304 g/mol. The fourth-order valence-electron chi connectivity index (χ4n) is 2.16. The number of ether oxygens (including phenoxy) is 2. The molecule has 0 atom stereocenters. The summed E-state index contributed by atoms with van der Waals surface area (Å²) in [6.07, 6.45) is 0.708. The van der Waals surface area contributed by atoms with Crippen LogP contribution in [0.2, 0.25) is 5.02 Å². The Morgan fingerprint density at radius 1 is 1.14 bits per heavy atom. The second-order valence-corrected chi connectivity index (χ2v) is 5.27. The molecule has 2 N–H and O–H groups in total. The van der Waals surface area contributed by atoms with Crippen LogP contribution < -0.4 is 20.1 Å². The predicted molar refractivity (Wildman–Crippen MR) is 84.7 cm³/mol. The van der Waals surface area contributed by atoms with Gasteiger partial charge in [-0.3, -0.25) is 0 Å². The van der Waals surface area contributed by atoms with Gasteiger partial charge in [0, 0.05) is 17.3 Å². The van der Waals surface area contributed by atoms with Crippen molar-refractivity contribution in [3.05, 3.63) is 53.1 Å². The molecule has 0 unspecified atom stereocenters. The molecular formula is C16H15ClN2O3. The number of hydrogen-bond donors (Lipinski definition) is 2. The molecule has 0 aromatic heterocycles. The van der Waals surface area contributed by atoms with E-state index in [4.69, 9.17) is 21.1 Å². The summed E-state index contributed by atoms with van der Waals surface area (Å²) in [6, 6.07) is 12.5. The van der Waals surface area contributed by atoms with Crippen molar-refractivity contribution in [3.8, 4) is 11.5 Å². The molecule has 22 heavy (non-hydrogen) atoms. The SMILES string of the molecule is O=C(NCCc1ccc2c(c1)OCO2)Nc1cccc(Cl)c1. The Morgan fingerprint density at radius 3 is 2.86 bits per heavy atom. The molecule has 6 heteroatoms. The van der Waals surface area contributed by atoms with Crippen LogP contribution in [0.1, 0.15) is 5.56 Å². The minimum atomic E-state index is -0.261. The lowest BCUT2D eigenvalue weighted by Gasteiger charge is -2.08. The lowest BCUT2D eigenvalue weighted by atomic mass is 10.1. The standard InChI is InChI=1S/C16H15ClN2O3/c17-12-2-1-3-13(9-12)19-16(20)18-7-6-11-4-5-14-15(8-11)22-10-21-14/h1-5,8-9H,6-7,10H2,(H2,18,19,20). The summed E-state index contributed by atoms with van der Waals surface area (Å²) in [4.78, 5) is 11.8. The molecule has 5 nitrogen and oxygen atoms in total. The van der Waals surface area contributed by atoms with Crippen LogP contribution in [0, 0.1) is 0 Å². The molecule has 0 fully saturated rings. The average Bonchev–Trinajstić information content (AvgIpc) is 2.95. The van der Waals surface area contributed by atoms with E-state index < -0.39 is 0 Å². The van der Waals surface area contributed by atoms with Gasteiger partial charge in [-0.2, -0.15) is 0 Å². The molecule has 0 aliphatic carbocycles. The highest BCUT2D eigenvalue weighted by Crippen LogP contribution is 2.32. The van der Waals surface area contributed by atoms with Crippen LogP contribution in [0.5, 0.6) is 11.5 Å². The van der Waals surface area contributed by atoms with E-state index in [-0.39, 0.29) is 12.8 Å². The minimum Gasteiger partial charge on any atom is -0.454 e. The van der Waals surface area contributed by atoms with Crippen molar-refractivity contribution in [2.75, 3.05) is 18.7 Å². The third-order valence-electron chi connectivity index (χ3n) is 3.22. The van der Waals surface area contributed by atoms with E-state index in [1.165, 1.54) is 0 Å². The van der Waals surface area contributed by atoms with E-state index in [2.05, 4.69) is 10.6 Å². The van der Waals surface area contributed by atoms with Gasteiger partial charge in [0.05, 0.1) is 0 Å². The number of fused-ring (bicyclic) bond motifs is 1. The highest BCUT2D eigenvalue weighted by molar-refractivity contribution is 6.30. The summed E-state index contributed by atoms with van der Waals surface area (Å²) in [6.45, 7) is 0.783. The van der Waals surface area contributed by atoms with Crippen molar-refractivity contribution in [2.45, 2.75) is 6.42 Å². The Morgan fingerprint density at radius 2 is 2.00 bits per heavy atom. The normalized spacial score (nSPS) is 12.0. The van der Waals surface area contributed by atoms with Crippen LogP contribution in [0.3, 0.4) is 0 Å². The number of carbonyl (C=O) groups excluding carboxylic acids is 1. The first kappa shape index (κ1) is 14.5. The molecule has 0 saturated carbocycles. The van der Waals surface area contributed by atoms with Gasteiger partial charge >= 0.3 is 6.03 Å². The number of halogens is 1. The van der Waals surface area contributed by atoms with E-state index in [0.717, 1.165) is 17.1 Å². The van der Waals surface area contributed by atoms with Gasteiger partial charge in [0.1, 0.15) is 0 Å². The molecule has 1 heterocycles. The van der Waals surface area contributed by atoms with Gasteiger partial charge in [-0.25, -0.2) is 4.79 Å². The predicted octanol–water partition coefficient (Wildman–Crippen LogP) is 3.43. The summed E-state index contributed by atoms with van der Waals surface area (Å²) >= 11 is 5.87. The zero-order valence-corrected chi connectivity index (χ0v) is 12.5. The number of urea groups is 1. The molecule has 0 saturated heterocycles. The molecule has 0 bridgehead atoms. The van der Waals surface area contributed by atoms with Crippen molar-refractivity contribution >= 4 is 23.3 Å². The lowest BCUT2D eigenvalue weighted by Crippen LogP contribution is -2.30. The van der Waals surface area contributed by atoms with Crippen LogP contribution in [-0.2, 0) is 6.42 Å². The molecule has 2 amide bonds. The van der Waals surface area contributed by atoms with Crippen LogP contribution in [0.15, 0.2) is 42.5 Å². The minimum absolute atomic E-state index is 0.261. The summed E-state index contributed by atoms with van der Waals surface area (Å²) < 4.78 is 10.6. The number of rotatable bonds is 4. The Bertz CT molecular complexity index is 691. The van der Waals surface area contributed by atoms with Crippen LogP contribution in [-0.4, -0.2) is 19.4 Å². The molecule has 2 aromatic rings. The smallest absolute Gasteiger partial charge is 0.319 e. The number of hydrogen-bond acceptors (Lipinski definition) is 3. The zero-order chi connectivity index (χ0) is 15.4. The van der Waals surface area contributed by atoms with Crippen molar-refractivity contribution in [3.63, 3.8) is 0 Å². The van der Waals surface area contributed by atoms with Gasteiger partial charge in [-0.15, -0.1) is 0 Å². The molecule has 0 spiro atoms. The van der Waals surface area contributed by atoms with Crippen molar-refractivity contribution in [1.82, 2.24) is 5.32 Å². The fraction of sp³-hybridized carbons (Fsp3) is 0.188. The van der Waals surface area contributed by atoms with Gasteiger partial charge in [-0.05, 0) is 42.3 Å². The molecule has 0 radical (unpaired) electrons. The van der Waals surface area contributed by atoms with Crippen LogP contribution in [0.25, 0.3) is 0 Å². The van der Waals surface area contributed by atoms with Crippen molar-refractivity contribution in [1.29, 1.82) is 0 Å². The van der Waals surface area contributed by atoms with E-state index in [0.29, 0.717) is 23.7 Å². The monoisotopic (exact) mass is 318 g/mol.